The molecule has 134 valence electrons. The van der Waals surface area contributed by atoms with Crippen molar-refractivity contribution >= 4 is 0 Å². The van der Waals surface area contributed by atoms with E-state index in [-0.39, 0.29) is 11.6 Å². The van der Waals surface area contributed by atoms with Crippen molar-refractivity contribution in [2.24, 2.45) is 0 Å². The number of hydrogen-bond donors (Lipinski definition) is 0. The lowest BCUT2D eigenvalue weighted by Crippen LogP contribution is -2.03. The maximum atomic E-state index is 13.4. The van der Waals surface area contributed by atoms with Gasteiger partial charge in [-0.05, 0) is 72.6 Å². The Hall–Kier alpha value is -3.27. The second kappa shape index (κ2) is 7.16. The summed E-state index contributed by atoms with van der Waals surface area (Å²) in [5.74, 6) is -0.564. The summed E-state index contributed by atoms with van der Waals surface area (Å²) in [6.45, 7) is 2.10. The predicted molar refractivity (Wildman–Crippen MR) is 104 cm³/mol. The van der Waals surface area contributed by atoms with Crippen LogP contribution in [0.3, 0.4) is 0 Å². The van der Waals surface area contributed by atoms with Gasteiger partial charge in [0, 0.05) is 11.1 Å². The third-order valence-electron chi connectivity index (χ3n) is 4.59. The van der Waals surface area contributed by atoms with E-state index in [1.165, 1.54) is 24.3 Å². The van der Waals surface area contributed by atoms with E-state index in [1.54, 1.807) is 24.3 Å². The second-order valence-electron chi connectivity index (χ2n) is 6.32. The monoisotopic (exact) mass is 360 g/mol. The molecule has 1 heterocycles. The average Bonchev–Trinajstić information content (AvgIpc) is 3.14. The molecule has 27 heavy (non-hydrogen) atoms. The van der Waals surface area contributed by atoms with E-state index in [0.717, 1.165) is 40.2 Å². The maximum absolute atomic E-state index is 13.4. The Kier molecular flexibility index (Phi) is 4.55. The van der Waals surface area contributed by atoms with Gasteiger partial charge in [-0.15, -0.1) is 0 Å². The number of benzene rings is 3. The van der Waals surface area contributed by atoms with Crippen LogP contribution in [0, 0.1) is 11.6 Å². The largest absolute Gasteiger partial charge is 0.232 e. The molecule has 4 rings (SSSR count). The lowest BCUT2D eigenvalue weighted by atomic mass is 10.1. The maximum Gasteiger partial charge on any atom is 0.123 e. The van der Waals surface area contributed by atoms with Crippen LogP contribution in [0.4, 0.5) is 8.78 Å². The Labute approximate surface area is 156 Å². The molecule has 1 aromatic heterocycles. The van der Waals surface area contributed by atoms with Gasteiger partial charge in [0.15, 0.2) is 0 Å². The van der Waals surface area contributed by atoms with E-state index >= 15 is 0 Å². The zero-order chi connectivity index (χ0) is 18.8. The van der Waals surface area contributed by atoms with Crippen LogP contribution < -0.4 is 0 Å². The number of para-hydroxylation sites is 1. The van der Waals surface area contributed by atoms with Crippen LogP contribution in [0.1, 0.15) is 12.5 Å². The summed E-state index contributed by atoms with van der Waals surface area (Å²) >= 11 is 0. The summed E-state index contributed by atoms with van der Waals surface area (Å²) in [4.78, 5) is 0. The summed E-state index contributed by atoms with van der Waals surface area (Å²) in [7, 11) is 0. The van der Waals surface area contributed by atoms with E-state index < -0.39 is 0 Å². The van der Waals surface area contributed by atoms with E-state index in [0.29, 0.717) is 0 Å². The Balaban J connectivity index is 1.92. The molecule has 0 aliphatic rings. The average molecular weight is 360 g/mol. The first-order valence-corrected chi connectivity index (χ1v) is 8.86. The summed E-state index contributed by atoms with van der Waals surface area (Å²) < 4.78 is 28.6. The molecule has 0 aliphatic heterocycles. The minimum atomic E-state index is -0.284. The highest BCUT2D eigenvalue weighted by atomic mass is 19.1. The highest BCUT2D eigenvalue weighted by Gasteiger charge is 2.15. The van der Waals surface area contributed by atoms with Crippen LogP contribution in [0.15, 0.2) is 78.9 Å². The lowest BCUT2D eigenvalue weighted by molar-refractivity contribution is 0.627. The fourth-order valence-corrected chi connectivity index (χ4v) is 3.17. The highest BCUT2D eigenvalue weighted by Crippen LogP contribution is 2.30. The number of nitrogens with zero attached hydrogens (tertiary/aromatic N) is 2. The van der Waals surface area contributed by atoms with Crippen molar-refractivity contribution in [3.05, 3.63) is 96.1 Å². The molecule has 2 nitrogen and oxygen atoms in total. The van der Waals surface area contributed by atoms with Crippen molar-refractivity contribution in [2.75, 3.05) is 0 Å². The minimum absolute atomic E-state index is 0.280. The van der Waals surface area contributed by atoms with Gasteiger partial charge in [0.2, 0.25) is 0 Å². The van der Waals surface area contributed by atoms with Crippen LogP contribution in [-0.2, 0) is 6.42 Å². The van der Waals surface area contributed by atoms with Gasteiger partial charge >= 0.3 is 0 Å². The SMILES string of the molecule is CCc1ccccc1-n1nc(-c2ccc(F)cc2)cc1-c1ccc(F)cc1. The first-order valence-electron chi connectivity index (χ1n) is 8.86. The lowest BCUT2D eigenvalue weighted by Gasteiger charge is -2.11. The zero-order valence-electron chi connectivity index (χ0n) is 14.9. The van der Waals surface area contributed by atoms with Gasteiger partial charge in [-0.2, -0.15) is 5.10 Å². The van der Waals surface area contributed by atoms with E-state index in [4.69, 9.17) is 5.10 Å². The summed E-state index contributed by atoms with van der Waals surface area (Å²) in [5, 5.41) is 4.79. The molecule has 3 aromatic carbocycles. The molecule has 0 amide bonds. The molecular formula is C23H18F2N2. The standard InChI is InChI=1S/C23H18F2N2/c1-2-16-5-3-4-6-22(16)27-23(18-9-13-20(25)14-10-18)15-21(26-27)17-7-11-19(24)12-8-17/h3-15H,2H2,1H3. The van der Waals surface area contributed by atoms with Gasteiger partial charge in [0.05, 0.1) is 17.1 Å². The van der Waals surface area contributed by atoms with Crippen LogP contribution >= 0.6 is 0 Å². The molecule has 0 unspecified atom stereocenters. The first-order chi connectivity index (χ1) is 13.2. The predicted octanol–water partition coefficient (Wildman–Crippen LogP) is 6.05. The number of aryl methyl sites for hydroxylation is 1. The minimum Gasteiger partial charge on any atom is -0.232 e. The van der Waals surface area contributed by atoms with Crippen molar-refractivity contribution in [3.63, 3.8) is 0 Å². The molecule has 0 aliphatic carbocycles. The van der Waals surface area contributed by atoms with Gasteiger partial charge < -0.3 is 0 Å². The van der Waals surface area contributed by atoms with Crippen LogP contribution in [0.2, 0.25) is 0 Å². The summed E-state index contributed by atoms with van der Waals surface area (Å²) in [5.41, 5.74) is 5.42. The molecule has 4 aromatic rings. The van der Waals surface area contributed by atoms with Gasteiger partial charge in [-0.3, -0.25) is 0 Å². The molecule has 0 atom stereocenters. The molecule has 0 radical (unpaired) electrons. The molecule has 0 spiro atoms. The third kappa shape index (κ3) is 3.38. The Morgan fingerprint density at radius 2 is 1.37 bits per heavy atom. The Morgan fingerprint density at radius 1 is 0.778 bits per heavy atom. The Morgan fingerprint density at radius 3 is 2.00 bits per heavy atom. The normalized spacial score (nSPS) is 10.9. The molecule has 0 saturated carbocycles. The van der Waals surface area contributed by atoms with Gasteiger partial charge in [0.1, 0.15) is 11.6 Å². The van der Waals surface area contributed by atoms with Crippen molar-refractivity contribution in [2.45, 2.75) is 13.3 Å². The number of halogens is 2. The van der Waals surface area contributed by atoms with Gasteiger partial charge in [-0.25, -0.2) is 13.5 Å². The number of hydrogen-bond acceptors (Lipinski definition) is 1. The number of rotatable bonds is 4. The van der Waals surface area contributed by atoms with E-state index in [2.05, 4.69) is 13.0 Å². The third-order valence-corrected chi connectivity index (χ3v) is 4.59. The Bertz CT molecular complexity index is 1060. The van der Waals surface area contributed by atoms with Crippen LogP contribution in [-0.4, -0.2) is 9.78 Å². The summed E-state index contributed by atoms with van der Waals surface area (Å²) in [6, 6.07) is 22.7. The topological polar surface area (TPSA) is 17.8 Å². The van der Waals surface area contributed by atoms with Crippen LogP contribution in [0.5, 0.6) is 0 Å². The zero-order valence-corrected chi connectivity index (χ0v) is 14.9. The van der Waals surface area contributed by atoms with E-state index in [9.17, 15) is 8.78 Å². The molecule has 4 heteroatoms. The molecule has 0 fully saturated rings. The van der Waals surface area contributed by atoms with Crippen molar-refractivity contribution in [3.8, 4) is 28.2 Å². The number of aromatic nitrogens is 2. The fraction of sp³-hybridized carbons (Fsp3) is 0.0870. The van der Waals surface area contributed by atoms with Crippen molar-refractivity contribution in [1.29, 1.82) is 0 Å². The second-order valence-corrected chi connectivity index (χ2v) is 6.32. The molecule has 0 N–H and O–H groups in total. The molecule has 0 saturated heterocycles. The van der Waals surface area contributed by atoms with Gasteiger partial charge in [-0.1, -0.05) is 25.1 Å². The molecular weight excluding hydrogens is 342 g/mol. The van der Waals surface area contributed by atoms with Crippen LogP contribution in [0.25, 0.3) is 28.2 Å². The quantitative estimate of drug-likeness (QED) is 0.433. The van der Waals surface area contributed by atoms with Crippen molar-refractivity contribution < 1.29 is 8.78 Å². The first kappa shape index (κ1) is 17.2. The highest BCUT2D eigenvalue weighted by molar-refractivity contribution is 5.71. The smallest absolute Gasteiger partial charge is 0.123 e. The van der Waals surface area contributed by atoms with Gasteiger partial charge in [0.25, 0.3) is 0 Å². The van der Waals surface area contributed by atoms with E-state index in [1.807, 2.05) is 28.9 Å². The van der Waals surface area contributed by atoms with Crippen molar-refractivity contribution in [1.82, 2.24) is 9.78 Å². The fourth-order valence-electron chi connectivity index (χ4n) is 3.17. The molecule has 0 bridgehead atoms. The summed E-state index contributed by atoms with van der Waals surface area (Å²) in [6.07, 6.45) is 0.866.